The molecule has 0 saturated carbocycles. The van der Waals surface area contributed by atoms with Gasteiger partial charge in [-0.05, 0) is 30.7 Å². The van der Waals surface area contributed by atoms with Crippen LogP contribution >= 0.6 is 11.8 Å². The second-order valence-electron chi connectivity index (χ2n) is 5.06. The molecule has 1 N–H and O–H groups in total. The first kappa shape index (κ1) is 15.9. The number of methoxy groups -OCH3 is 1. The van der Waals surface area contributed by atoms with Crippen LogP contribution in [-0.2, 0) is 4.79 Å². The highest BCUT2D eigenvalue weighted by atomic mass is 32.2. The largest absolute Gasteiger partial charge is 0.497 e. The van der Waals surface area contributed by atoms with Gasteiger partial charge in [0.1, 0.15) is 5.75 Å². The summed E-state index contributed by atoms with van der Waals surface area (Å²) in [4.78, 5) is 16.4. The van der Waals surface area contributed by atoms with E-state index < -0.39 is 0 Å². The minimum atomic E-state index is 0.0128. The van der Waals surface area contributed by atoms with Crippen molar-refractivity contribution in [3.05, 3.63) is 24.3 Å². The lowest BCUT2D eigenvalue weighted by molar-refractivity contribution is -0.118. The first-order valence-corrected chi connectivity index (χ1v) is 8.31. The molecule has 114 valence electrons. The molecule has 1 heterocycles. The number of hydrogen-bond donors (Lipinski definition) is 1. The number of unbranched alkanes of at least 4 members (excludes halogenated alkanes) is 3. The van der Waals surface area contributed by atoms with Gasteiger partial charge in [0.15, 0.2) is 5.17 Å². The van der Waals surface area contributed by atoms with Gasteiger partial charge >= 0.3 is 0 Å². The van der Waals surface area contributed by atoms with Gasteiger partial charge in [-0.1, -0.05) is 44.4 Å². The van der Waals surface area contributed by atoms with Crippen molar-refractivity contribution in [1.29, 1.82) is 0 Å². The molecule has 0 spiro atoms. The summed E-state index contributed by atoms with van der Waals surface area (Å²) in [5, 5.41) is 3.58. The number of aliphatic imine (C=N–C) groups is 1. The molecule has 0 aromatic heterocycles. The zero-order chi connectivity index (χ0) is 15.1. The fourth-order valence-corrected chi connectivity index (χ4v) is 3.22. The Kier molecular flexibility index (Phi) is 6.11. The van der Waals surface area contributed by atoms with Gasteiger partial charge in [-0.15, -0.1) is 0 Å². The number of amidine groups is 1. The molecule has 1 aliphatic rings. The second kappa shape index (κ2) is 8.08. The normalized spacial score (nSPS) is 19.8. The number of nitrogens with one attached hydrogen (secondary N) is 1. The fourth-order valence-electron chi connectivity index (χ4n) is 2.18. The van der Waals surface area contributed by atoms with Gasteiger partial charge in [0.25, 0.3) is 0 Å². The Morgan fingerprint density at radius 3 is 2.67 bits per heavy atom. The summed E-state index contributed by atoms with van der Waals surface area (Å²) < 4.78 is 5.11. The number of thioether (sulfide) groups is 1. The number of benzene rings is 1. The number of nitrogens with zero attached hydrogens (tertiary/aromatic N) is 1. The molecule has 4 nitrogen and oxygen atoms in total. The van der Waals surface area contributed by atoms with Gasteiger partial charge in [-0.3, -0.25) is 4.79 Å². The van der Waals surface area contributed by atoms with Crippen LogP contribution in [0.4, 0.5) is 5.69 Å². The Labute approximate surface area is 130 Å². The van der Waals surface area contributed by atoms with Gasteiger partial charge in [0.05, 0.1) is 18.0 Å². The van der Waals surface area contributed by atoms with Gasteiger partial charge in [0.2, 0.25) is 5.91 Å². The van der Waals surface area contributed by atoms with Gasteiger partial charge in [-0.2, -0.15) is 0 Å². The Morgan fingerprint density at radius 1 is 1.24 bits per heavy atom. The van der Waals surface area contributed by atoms with Crippen molar-refractivity contribution in [2.45, 2.75) is 44.3 Å². The Bertz CT molecular complexity index is 500. The van der Waals surface area contributed by atoms with E-state index >= 15 is 0 Å². The van der Waals surface area contributed by atoms with Crippen LogP contribution in [0.25, 0.3) is 0 Å². The van der Waals surface area contributed by atoms with Crippen molar-refractivity contribution in [1.82, 2.24) is 5.32 Å². The molecule has 0 bridgehead atoms. The number of amides is 1. The zero-order valence-corrected chi connectivity index (χ0v) is 13.4. The van der Waals surface area contributed by atoms with Crippen LogP contribution in [0.1, 0.15) is 39.0 Å². The van der Waals surface area contributed by atoms with Gasteiger partial charge in [0, 0.05) is 0 Å². The molecule has 5 heteroatoms. The predicted molar refractivity (Wildman–Crippen MR) is 88.4 cm³/mol. The van der Waals surface area contributed by atoms with Crippen LogP contribution in [0, 0.1) is 0 Å². The summed E-state index contributed by atoms with van der Waals surface area (Å²) in [5.74, 6) is 0.889. The highest BCUT2D eigenvalue weighted by Gasteiger charge is 2.29. The summed E-state index contributed by atoms with van der Waals surface area (Å²) in [6.45, 7) is 2.19. The second-order valence-corrected chi connectivity index (χ2v) is 6.25. The first-order valence-electron chi connectivity index (χ1n) is 7.43. The molecule has 0 radical (unpaired) electrons. The third-order valence-electron chi connectivity index (χ3n) is 3.40. The van der Waals surface area contributed by atoms with E-state index in [1.807, 2.05) is 24.3 Å². The first-order chi connectivity index (χ1) is 10.2. The average Bonchev–Trinajstić information content (AvgIpc) is 2.84. The maximum atomic E-state index is 11.9. The maximum absolute atomic E-state index is 11.9. The lowest BCUT2D eigenvalue weighted by atomic mass is 10.1. The molecule has 1 amide bonds. The Balaban J connectivity index is 1.89. The van der Waals surface area contributed by atoms with Crippen molar-refractivity contribution in [3.63, 3.8) is 0 Å². The lowest BCUT2D eigenvalue weighted by Crippen LogP contribution is -2.24. The number of hydrogen-bond acceptors (Lipinski definition) is 4. The van der Waals surface area contributed by atoms with Crippen LogP contribution in [0.5, 0.6) is 5.75 Å². The molecule has 1 saturated heterocycles. The topological polar surface area (TPSA) is 50.7 Å². The third-order valence-corrected chi connectivity index (χ3v) is 4.55. The fraction of sp³-hybridized carbons (Fsp3) is 0.500. The minimum absolute atomic E-state index is 0.0128. The SMILES string of the molecule is CCCCCCC1SC(=Nc2ccc(OC)cc2)NC1=O. The monoisotopic (exact) mass is 306 g/mol. The number of carbonyl (C=O) groups is 1. The minimum Gasteiger partial charge on any atom is -0.497 e. The van der Waals surface area contributed by atoms with E-state index in [-0.39, 0.29) is 11.2 Å². The van der Waals surface area contributed by atoms with E-state index in [2.05, 4.69) is 17.2 Å². The van der Waals surface area contributed by atoms with E-state index in [1.54, 1.807) is 7.11 Å². The van der Waals surface area contributed by atoms with Crippen LogP contribution in [0.15, 0.2) is 29.3 Å². The molecule has 1 fully saturated rings. The highest BCUT2D eigenvalue weighted by Crippen LogP contribution is 2.27. The molecule has 1 unspecified atom stereocenters. The van der Waals surface area contributed by atoms with Crippen LogP contribution < -0.4 is 10.1 Å². The molecular formula is C16H22N2O2S. The number of rotatable bonds is 7. The summed E-state index contributed by atoms with van der Waals surface area (Å²) in [6, 6.07) is 7.49. The summed E-state index contributed by atoms with van der Waals surface area (Å²) in [6.07, 6.45) is 5.69. The van der Waals surface area contributed by atoms with Crippen LogP contribution in [-0.4, -0.2) is 23.4 Å². The molecule has 2 rings (SSSR count). The number of carbonyl (C=O) groups excluding carboxylic acids is 1. The standard InChI is InChI=1S/C16H22N2O2S/c1-3-4-5-6-7-14-15(19)18-16(21-14)17-12-8-10-13(20-2)11-9-12/h8-11,14H,3-7H2,1-2H3,(H,17,18,19). The third kappa shape index (κ3) is 4.77. The van der Waals surface area contributed by atoms with Crippen molar-refractivity contribution in [2.24, 2.45) is 4.99 Å². The van der Waals surface area contributed by atoms with Gasteiger partial charge in [-0.25, -0.2) is 4.99 Å². The van der Waals surface area contributed by atoms with E-state index in [1.165, 1.54) is 31.0 Å². The Morgan fingerprint density at radius 2 is 2.00 bits per heavy atom. The molecule has 1 aliphatic heterocycles. The smallest absolute Gasteiger partial charge is 0.239 e. The molecule has 0 aliphatic carbocycles. The highest BCUT2D eigenvalue weighted by molar-refractivity contribution is 8.15. The zero-order valence-electron chi connectivity index (χ0n) is 12.6. The number of ether oxygens (including phenoxy) is 1. The lowest BCUT2D eigenvalue weighted by Gasteiger charge is -2.03. The molecule has 1 atom stereocenters. The maximum Gasteiger partial charge on any atom is 0.239 e. The quantitative estimate of drug-likeness (QED) is 0.778. The molecule has 1 aromatic rings. The van der Waals surface area contributed by atoms with Crippen molar-refractivity contribution in [3.8, 4) is 5.75 Å². The van der Waals surface area contributed by atoms with E-state index in [9.17, 15) is 4.79 Å². The Hall–Kier alpha value is -1.49. The van der Waals surface area contributed by atoms with Crippen LogP contribution in [0.2, 0.25) is 0 Å². The van der Waals surface area contributed by atoms with E-state index in [0.717, 1.165) is 24.3 Å². The van der Waals surface area contributed by atoms with Crippen molar-refractivity contribution >= 4 is 28.5 Å². The average molecular weight is 306 g/mol. The molecule has 21 heavy (non-hydrogen) atoms. The van der Waals surface area contributed by atoms with Crippen LogP contribution in [0.3, 0.4) is 0 Å². The van der Waals surface area contributed by atoms with E-state index in [4.69, 9.17) is 4.74 Å². The molecule has 1 aromatic carbocycles. The summed E-state index contributed by atoms with van der Waals surface area (Å²) in [5.41, 5.74) is 0.824. The summed E-state index contributed by atoms with van der Waals surface area (Å²) >= 11 is 1.54. The van der Waals surface area contributed by atoms with Crippen molar-refractivity contribution in [2.75, 3.05) is 7.11 Å². The molecular weight excluding hydrogens is 284 g/mol. The van der Waals surface area contributed by atoms with E-state index in [0.29, 0.717) is 5.17 Å². The van der Waals surface area contributed by atoms with Gasteiger partial charge < -0.3 is 10.1 Å². The van der Waals surface area contributed by atoms with Crippen molar-refractivity contribution < 1.29 is 9.53 Å². The predicted octanol–water partition coefficient (Wildman–Crippen LogP) is 3.88. The summed E-state index contributed by atoms with van der Waals surface area (Å²) in [7, 11) is 1.64.